The Morgan fingerprint density at radius 2 is 1.83 bits per heavy atom. The Balaban J connectivity index is 2.15. The summed E-state index contributed by atoms with van der Waals surface area (Å²) in [6.07, 6.45) is 0. The van der Waals surface area contributed by atoms with Crippen molar-refractivity contribution >= 4 is 17.3 Å². The fraction of sp³-hybridized carbons (Fsp3) is 0.350. The third kappa shape index (κ3) is 4.28. The summed E-state index contributed by atoms with van der Waals surface area (Å²) in [5.74, 6) is 0.578. The minimum absolute atomic E-state index is 0.129. The van der Waals surface area contributed by atoms with Crippen LogP contribution in [0.1, 0.15) is 36.7 Å². The minimum Gasteiger partial charge on any atom is -0.494 e. The highest BCUT2D eigenvalue weighted by atomic mass is 16.5. The van der Waals surface area contributed by atoms with Crippen molar-refractivity contribution in [3.05, 3.63) is 53.6 Å². The predicted molar refractivity (Wildman–Crippen MR) is 100 cm³/mol. The predicted octanol–water partition coefficient (Wildman–Crippen LogP) is 4.49. The van der Waals surface area contributed by atoms with E-state index in [1.54, 1.807) is 12.1 Å². The minimum atomic E-state index is -0.129. The van der Waals surface area contributed by atoms with Gasteiger partial charge in [0.25, 0.3) is 5.91 Å². The number of benzene rings is 2. The standard InChI is InChI=1S/C20H26N2O2/c1-5-22(6-2)17-11-12-19(15(4)13-17)21-20(23)16-9-8-10-18(14-16)24-7-3/h8-14H,5-7H2,1-4H3,(H,21,23). The Kier molecular flexibility index (Phi) is 6.24. The van der Waals surface area contributed by atoms with E-state index in [4.69, 9.17) is 4.74 Å². The maximum absolute atomic E-state index is 12.5. The Hall–Kier alpha value is -2.49. The molecule has 1 amide bonds. The summed E-state index contributed by atoms with van der Waals surface area (Å²) in [6, 6.07) is 13.4. The molecule has 0 radical (unpaired) electrons. The molecule has 0 saturated carbocycles. The first kappa shape index (κ1) is 17.9. The SMILES string of the molecule is CCOc1cccc(C(=O)Nc2ccc(N(CC)CC)cc2C)c1. The van der Waals surface area contributed by atoms with Crippen LogP contribution in [0, 0.1) is 6.92 Å². The molecule has 0 aromatic heterocycles. The second-order valence-electron chi connectivity index (χ2n) is 5.59. The second-order valence-corrected chi connectivity index (χ2v) is 5.59. The lowest BCUT2D eigenvalue weighted by Gasteiger charge is -2.22. The average Bonchev–Trinajstić information content (AvgIpc) is 2.59. The summed E-state index contributed by atoms with van der Waals surface area (Å²) in [5, 5.41) is 2.98. The van der Waals surface area contributed by atoms with E-state index in [1.807, 2.05) is 38.1 Å². The van der Waals surface area contributed by atoms with Gasteiger partial charge in [-0.25, -0.2) is 0 Å². The summed E-state index contributed by atoms with van der Waals surface area (Å²) in [4.78, 5) is 14.8. The van der Waals surface area contributed by atoms with Crippen molar-refractivity contribution in [3.8, 4) is 5.75 Å². The number of carbonyl (C=O) groups is 1. The van der Waals surface area contributed by atoms with Gasteiger partial charge in [-0.1, -0.05) is 6.07 Å². The van der Waals surface area contributed by atoms with Crippen LogP contribution < -0.4 is 15.0 Å². The van der Waals surface area contributed by atoms with E-state index in [1.165, 1.54) is 5.69 Å². The van der Waals surface area contributed by atoms with E-state index in [2.05, 4.69) is 30.1 Å². The first-order valence-corrected chi connectivity index (χ1v) is 8.48. The van der Waals surface area contributed by atoms with Gasteiger partial charge in [-0.05, 0) is 69.7 Å². The van der Waals surface area contributed by atoms with E-state index >= 15 is 0 Å². The van der Waals surface area contributed by atoms with Crippen molar-refractivity contribution in [1.29, 1.82) is 0 Å². The fourth-order valence-electron chi connectivity index (χ4n) is 2.66. The highest BCUT2D eigenvalue weighted by Gasteiger charge is 2.10. The van der Waals surface area contributed by atoms with Crippen molar-refractivity contribution < 1.29 is 9.53 Å². The number of hydrogen-bond acceptors (Lipinski definition) is 3. The highest BCUT2D eigenvalue weighted by molar-refractivity contribution is 6.05. The van der Waals surface area contributed by atoms with Crippen LogP contribution in [0.2, 0.25) is 0 Å². The first-order chi connectivity index (χ1) is 11.6. The van der Waals surface area contributed by atoms with Crippen molar-refractivity contribution in [2.24, 2.45) is 0 Å². The molecule has 24 heavy (non-hydrogen) atoms. The van der Waals surface area contributed by atoms with Crippen molar-refractivity contribution in [1.82, 2.24) is 0 Å². The maximum atomic E-state index is 12.5. The van der Waals surface area contributed by atoms with Gasteiger partial charge < -0.3 is 15.0 Å². The van der Waals surface area contributed by atoms with E-state index in [0.717, 1.165) is 24.3 Å². The van der Waals surface area contributed by atoms with Crippen molar-refractivity contribution in [2.45, 2.75) is 27.7 Å². The lowest BCUT2D eigenvalue weighted by molar-refractivity contribution is 0.102. The van der Waals surface area contributed by atoms with Gasteiger partial charge in [0.15, 0.2) is 0 Å². The lowest BCUT2D eigenvalue weighted by Crippen LogP contribution is -2.22. The molecule has 4 nitrogen and oxygen atoms in total. The third-order valence-electron chi connectivity index (χ3n) is 3.99. The topological polar surface area (TPSA) is 41.6 Å². The summed E-state index contributed by atoms with van der Waals surface area (Å²) in [5.41, 5.74) is 3.65. The van der Waals surface area contributed by atoms with Gasteiger partial charge in [0.05, 0.1) is 6.61 Å². The average molecular weight is 326 g/mol. The maximum Gasteiger partial charge on any atom is 0.255 e. The number of hydrogen-bond donors (Lipinski definition) is 1. The molecule has 0 atom stereocenters. The zero-order valence-corrected chi connectivity index (χ0v) is 14.9. The molecule has 1 N–H and O–H groups in total. The molecule has 4 heteroatoms. The molecular formula is C20H26N2O2. The van der Waals surface area contributed by atoms with Crippen molar-refractivity contribution in [2.75, 3.05) is 29.9 Å². The first-order valence-electron chi connectivity index (χ1n) is 8.48. The van der Waals surface area contributed by atoms with Crippen molar-refractivity contribution in [3.63, 3.8) is 0 Å². The van der Waals surface area contributed by atoms with Gasteiger partial charge in [-0.3, -0.25) is 4.79 Å². The molecule has 0 aliphatic carbocycles. The molecular weight excluding hydrogens is 300 g/mol. The van der Waals surface area contributed by atoms with Gasteiger partial charge in [0.2, 0.25) is 0 Å². The smallest absolute Gasteiger partial charge is 0.255 e. The van der Waals surface area contributed by atoms with Crippen LogP contribution in [0.15, 0.2) is 42.5 Å². The largest absolute Gasteiger partial charge is 0.494 e. The summed E-state index contributed by atoms with van der Waals surface area (Å²) < 4.78 is 5.45. The number of ether oxygens (including phenoxy) is 1. The lowest BCUT2D eigenvalue weighted by atomic mass is 10.1. The molecule has 0 spiro atoms. The monoisotopic (exact) mass is 326 g/mol. The van der Waals surface area contributed by atoms with Crippen LogP contribution in [0.3, 0.4) is 0 Å². The van der Waals surface area contributed by atoms with E-state index in [0.29, 0.717) is 17.9 Å². The molecule has 0 aliphatic heterocycles. The zero-order chi connectivity index (χ0) is 17.5. The molecule has 0 fully saturated rings. The Morgan fingerprint density at radius 1 is 1.08 bits per heavy atom. The molecule has 2 rings (SSSR count). The molecule has 128 valence electrons. The quantitative estimate of drug-likeness (QED) is 0.815. The molecule has 0 heterocycles. The molecule has 0 aliphatic rings. The summed E-state index contributed by atoms with van der Waals surface area (Å²) in [6.45, 7) is 10.7. The molecule has 2 aromatic carbocycles. The van der Waals surface area contributed by atoms with Crippen LogP contribution in [0.5, 0.6) is 5.75 Å². The molecule has 0 bridgehead atoms. The fourth-order valence-corrected chi connectivity index (χ4v) is 2.66. The second kappa shape index (κ2) is 8.39. The van der Waals surface area contributed by atoms with Gasteiger partial charge in [-0.2, -0.15) is 0 Å². The van der Waals surface area contributed by atoms with Gasteiger partial charge >= 0.3 is 0 Å². The van der Waals surface area contributed by atoms with Crippen LogP contribution in [-0.4, -0.2) is 25.6 Å². The van der Waals surface area contributed by atoms with Gasteiger partial charge in [0.1, 0.15) is 5.75 Å². The highest BCUT2D eigenvalue weighted by Crippen LogP contribution is 2.23. The number of carbonyl (C=O) groups excluding carboxylic acids is 1. The van der Waals surface area contributed by atoms with Gasteiger partial charge in [-0.15, -0.1) is 0 Å². The Morgan fingerprint density at radius 3 is 2.46 bits per heavy atom. The number of nitrogens with zero attached hydrogens (tertiary/aromatic N) is 1. The van der Waals surface area contributed by atoms with Crippen LogP contribution >= 0.6 is 0 Å². The molecule has 0 unspecified atom stereocenters. The Bertz CT molecular complexity index is 694. The van der Waals surface area contributed by atoms with E-state index in [-0.39, 0.29) is 5.91 Å². The summed E-state index contributed by atoms with van der Waals surface area (Å²) >= 11 is 0. The zero-order valence-electron chi connectivity index (χ0n) is 14.9. The van der Waals surface area contributed by atoms with E-state index in [9.17, 15) is 4.79 Å². The number of nitrogens with one attached hydrogen (secondary N) is 1. The molecule has 2 aromatic rings. The Labute approximate surface area is 144 Å². The van der Waals surface area contributed by atoms with Crippen LogP contribution in [-0.2, 0) is 0 Å². The van der Waals surface area contributed by atoms with Crippen LogP contribution in [0.25, 0.3) is 0 Å². The third-order valence-corrected chi connectivity index (χ3v) is 3.99. The van der Waals surface area contributed by atoms with E-state index < -0.39 is 0 Å². The number of rotatable bonds is 7. The van der Waals surface area contributed by atoms with Crippen LogP contribution in [0.4, 0.5) is 11.4 Å². The molecule has 0 saturated heterocycles. The number of aryl methyl sites for hydroxylation is 1. The number of amides is 1. The summed E-state index contributed by atoms with van der Waals surface area (Å²) in [7, 11) is 0. The number of anilines is 2. The van der Waals surface area contributed by atoms with Gasteiger partial charge in [0, 0.05) is 30.0 Å². The normalized spacial score (nSPS) is 10.3.